The van der Waals surface area contributed by atoms with Crippen LogP contribution in [0.3, 0.4) is 0 Å². The minimum atomic E-state index is 0.0279. The van der Waals surface area contributed by atoms with Gasteiger partial charge in [-0.05, 0) is 30.2 Å². The smallest absolute Gasteiger partial charge is 0.0963 e. The predicted octanol–water partition coefficient (Wildman–Crippen LogP) is 4.05. The molecule has 1 aromatic carbocycles. The van der Waals surface area contributed by atoms with E-state index in [1.54, 1.807) is 11.8 Å². The van der Waals surface area contributed by atoms with Crippen molar-refractivity contribution in [3.63, 3.8) is 0 Å². The first-order valence-electron chi connectivity index (χ1n) is 5.74. The van der Waals surface area contributed by atoms with Gasteiger partial charge in [0.1, 0.15) is 0 Å². The Labute approximate surface area is 117 Å². The summed E-state index contributed by atoms with van der Waals surface area (Å²) in [5.41, 5.74) is 7.96. The Balaban J connectivity index is 2.00. The van der Waals surface area contributed by atoms with Crippen molar-refractivity contribution in [2.24, 2.45) is 5.73 Å². The van der Waals surface area contributed by atoms with E-state index in [1.807, 2.05) is 49.5 Å². The van der Waals surface area contributed by atoms with Crippen molar-refractivity contribution in [1.29, 1.82) is 0 Å². The summed E-state index contributed by atoms with van der Waals surface area (Å²) >= 11 is 7.78. The molecule has 2 aromatic rings. The fourth-order valence-corrected chi connectivity index (χ4v) is 2.64. The van der Waals surface area contributed by atoms with E-state index < -0.39 is 0 Å². The van der Waals surface area contributed by atoms with Crippen molar-refractivity contribution < 1.29 is 0 Å². The number of hydrogen-bond acceptors (Lipinski definition) is 3. The first-order valence-corrected chi connectivity index (χ1v) is 7.11. The van der Waals surface area contributed by atoms with E-state index in [1.165, 1.54) is 0 Å². The molecule has 1 heterocycles. The van der Waals surface area contributed by atoms with Gasteiger partial charge in [-0.25, -0.2) is 4.98 Å². The molecule has 0 aliphatic heterocycles. The van der Waals surface area contributed by atoms with E-state index in [2.05, 4.69) is 4.98 Å². The van der Waals surface area contributed by atoms with Gasteiger partial charge in [-0.2, -0.15) is 0 Å². The number of benzene rings is 1. The molecular weight excluding hydrogens is 264 g/mol. The highest BCUT2D eigenvalue weighted by Gasteiger charge is 2.03. The van der Waals surface area contributed by atoms with Crippen LogP contribution in [0.4, 0.5) is 0 Å². The van der Waals surface area contributed by atoms with Gasteiger partial charge in [0.15, 0.2) is 0 Å². The molecule has 94 valence electrons. The van der Waals surface area contributed by atoms with Crippen molar-refractivity contribution in [3.8, 4) is 0 Å². The van der Waals surface area contributed by atoms with Crippen LogP contribution in [0.5, 0.6) is 0 Å². The van der Waals surface area contributed by atoms with Crippen molar-refractivity contribution in [3.05, 3.63) is 58.7 Å². The summed E-state index contributed by atoms with van der Waals surface area (Å²) in [6.45, 7) is 1.95. The molecule has 2 rings (SSSR count). The molecule has 0 saturated heterocycles. The van der Waals surface area contributed by atoms with Crippen LogP contribution in [0.1, 0.15) is 24.1 Å². The maximum atomic E-state index is 6.11. The zero-order valence-electron chi connectivity index (χ0n) is 10.1. The van der Waals surface area contributed by atoms with E-state index in [-0.39, 0.29) is 6.04 Å². The molecule has 0 fully saturated rings. The normalized spacial score (nSPS) is 12.4. The summed E-state index contributed by atoms with van der Waals surface area (Å²) in [7, 11) is 0. The highest BCUT2D eigenvalue weighted by Crippen LogP contribution is 2.25. The number of pyridine rings is 1. The second-order valence-corrected chi connectivity index (χ2v) is 5.50. The molecule has 1 aromatic heterocycles. The number of thioether (sulfide) groups is 1. The molecule has 2 N–H and O–H groups in total. The minimum Gasteiger partial charge on any atom is -0.324 e. The van der Waals surface area contributed by atoms with Crippen LogP contribution in [-0.2, 0) is 5.75 Å². The van der Waals surface area contributed by atoms with E-state index in [0.29, 0.717) is 0 Å². The molecule has 4 heteroatoms. The fourth-order valence-electron chi connectivity index (χ4n) is 1.51. The molecular formula is C14H15ClN2S. The third kappa shape index (κ3) is 3.48. The first kappa shape index (κ1) is 13.4. The van der Waals surface area contributed by atoms with Crippen molar-refractivity contribution in [2.45, 2.75) is 23.7 Å². The maximum Gasteiger partial charge on any atom is 0.0963 e. The van der Waals surface area contributed by atoms with Gasteiger partial charge in [0, 0.05) is 23.0 Å². The Hall–Kier alpha value is -1.03. The zero-order chi connectivity index (χ0) is 13.0. The summed E-state index contributed by atoms with van der Waals surface area (Å²) in [6.07, 6.45) is 1.83. The van der Waals surface area contributed by atoms with Gasteiger partial charge in [0.2, 0.25) is 0 Å². The maximum absolute atomic E-state index is 6.11. The van der Waals surface area contributed by atoms with E-state index in [4.69, 9.17) is 17.3 Å². The summed E-state index contributed by atoms with van der Waals surface area (Å²) < 4.78 is 0. The van der Waals surface area contributed by atoms with Crippen LogP contribution in [0.2, 0.25) is 5.02 Å². The highest BCUT2D eigenvalue weighted by atomic mass is 35.5. The lowest BCUT2D eigenvalue weighted by molar-refractivity contribution is 0.806. The first-order chi connectivity index (χ1) is 8.66. The highest BCUT2D eigenvalue weighted by molar-refractivity contribution is 7.98. The van der Waals surface area contributed by atoms with E-state index in [0.717, 1.165) is 26.9 Å². The van der Waals surface area contributed by atoms with Gasteiger partial charge in [0.25, 0.3) is 0 Å². The van der Waals surface area contributed by atoms with Crippen LogP contribution >= 0.6 is 23.4 Å². The topological polar surface area (TPSA) is 38.9 Å². The van der Waals surface area contributed by atoms with Gasteiger partial charge < -0.3 is 5.73 Å². The molecule has 1 atom stereocenters. The monoisotopic (exact) mass is 278 g/mol. The van der Waals surface area contributed by atoms with Gasteiger partial charge >= 0.3 is 0 Å². The molecule has 0 aliphatic rings. The average Bonchev–Trinajstić information content (AvgIpc) is 2.38. The summed E-state index contributed by atoms with van der Waals surface area (Å²) in [6, 6.07) is 11.9. The number of aromatic nitrogens is 1. The van der Waals surface area contributed by atoms with Gasteiger partial charge in [-0.3, -0.25) is 0 Å². The average molecular weight is 279 g/mol. The lowest BCUT2D eigenvalue weighted by atomic mass is 10.2. The number of halogens is 1. The van der Waals surface area contributed by atoms with Crippen LogP contribution in [0, 0.1) is 0 Å². The van der Waals surface area contributed by atoms with Gasteiger partial charge in [-0.15, -0.1) is 11.8 Å². The standard InChI is InChI=1S/C14H15ClN2S/c1-10(16)11-6-7-14(17-8-11)18-9-12-4-2-3-5-13(12)15/h2-8,10H,9,16H2,1H3. The Morgan fingerprint density at radius 3 is 2.67 bits per heavy atom. The third-order valence-corrected chi connectivity index (χ3v) is 3.98. The van der Waals surface area contributed by atoms with Crippen molar-refractivity contribution in [1.82, 2.24) is 4.98 Å². The van der Waals surface area contributed by atoms with Gasteiger partial charge in [0.05, 0.1) is 5.03 Å². The second-order valence-electron chi connectivity index (χ2n) is 4.10. The molecule has 1 unspecified atom stereocenters. The van der Waals surface area contributed by atoms with Crippen molar-refractivity contribution >= 4 is 23.4 Å². The molecule has 0 radical (unpaired) electrons. The number of nitrogens with two attached hydrogens (primary N) is 1. The largest absolute Gasteiger partial charge is 0.324 e. The molecule has 0 aliphatic carbocycles. The molecule has 18 heavy (non-hydrogen) atoms. The molecule has 0 bridgehead atoms. The molecule has 0 amide bonds. The Morgan fingerprint density at radius 2 is 2.06 bits per heavy atom. The van der Waals surface area contributed by atoms with Gasteiger partial charge in [-0.1, -0.05) is 35.9 Å². The second kappa shape index (κ2) is 6.23. The summed E-state index contributed by atoms with van der Waals surface area (Å²) in [5, 5.41) is 1.79. The molecule has 0 spiro atoms. The Kier molecular flexibility index (Phi) is 4.64. The van der Waals surface area contributed by atoms with Crippen LogP contribution < -0.4 is 5.73 Å². The SMILES string of the molecule is CC(N)c1ccc(SCc2ccccc2Cl)nc1. The zero-order valence-corrected chi connectivity index (χ0v) is 11.7. The number of rotatable bonds is 4. The molecule has 0 saturated carbocycles. The summed E-state index contributed by atoms with van der Waals surface area (Å²) in [4.78, 5) is 4.38. The third-order valence-electron chi connectivity index (χ3n) is 2.62. The predicted molar refractivity (Wildman–Crippen MR) is 77.9 cm³/mol. The lowest BCUT2D eigenvalue weighted by Gasteiger charge is -2.06. The van der Waals surface area contributed by atoms with Crippen LogP contribution in [0.15, 0.2) is 47.6 Å². The van der Waals surface area contributed by atoms with Crippen LogP contribution in [0.25, 0.3) is 0 Å². The van der Waals surface area contributed by atoms with Crippen LogP contribution in [-0.4, -0.2) is 4.98 Å². The number of nitrogens with zero attached hydrogens (tertiary/aromatic N) is 1. The van der Waals surface area contributed by atoms with Crippen molar-refractivity contribution in [2.75, 3.05) is 0 Å². The molecule has 2 nitrogen and oxygen atoms in total. The van der Waals surface area contributed by atoms with E-state index >= 15 is 0 Å². The Morgan fingerprint density at radius 1 is 1.28 bits per heavy atom. The minimum absolute atomic E-state index is 0.0279. The lowest BCUT2D eigenvalue weighted by Crippen LogP contribution is -2.04. The summed E-state index contributed by atoms with van der Waals surface area (Å²) in [5.74, 6) is 0.824. The fraction of sp³-hybridized carbons (Fsp3) is 0.214. The number of hydrogen-bond donors (Lipinski definition) is 1. The van der Waals surface area contributed by atoms with E-state index in [9.17, 15) is 0 Å². The Bertz CT molecular complexity index is 511. The quantitative estimate of drug-likeness (QED) is 0.858.